The summed E-state index contributed by atoms with van der Waals surface area (Å²) in [5, 5.41) is 9.71. The Kier molecular flexibility index (Phi) is 3.08. The lowest BCUT2D eigenvalue weighted by atomic mass is 10.0. The van der Waals surface area contributed by atoms with E-state index in [0.717, 1.165) is 19.6 Å². The number of fused-ring (bicyclic) bond motifs is 1. The van der Waals surface area contributed by atoms with Crippen molar-refractivity contribution in [2.45, 2.75) is 19.0 Å². The summed E-state index contributed by atoms with van der Waals surface area (Å²) in [6.07, 6.45) is 1.24. The Morgan fingerprint density at radius 3 is 2.88 bits per heavy atom. The minimum atomic E-state index is 0.633. The highest BCUT2D eigenvalue weighted by Gasteiger charge is 2.13. The zero-order valence-corrected chi connectivity index (χ0v) is 9.95. The van der Waals surface area contributed by atoms with Gasteiger partial charge in [0.1, 0.15) is 0 Å². The molecule has 1 saturated heterocycles. The highest BCUT2D eigenvalue weighted by molar-refractivity contribution is 5.85. The summed E-state index contributed by atoms with van der Waals surface area (Å²) < 4.78 is 0. The third-order valence-electron chi connectivity index (χ3n) is 3.52. The van der Waals surface area contributed by atoms with Crippen LogP contribution in [0.1, 0.15) is 12.0 Å². The van der Waals surface area contributed by atoms with E-state index in [1.54, 1.807) is 0 Å². The molecule has 1 aliphatic heterocycles. The predicted molar refractivity (Wildman–Crippen MR) is 72.1 cm³/mol. The van der Waals surface area contributed by atoms with Crippen molar-refractivity contribution in [3.8, 4) is 0 Å². The molecule has 2 aromatic rings. The van der Waals surface area contributed by atoms with Gasteiger partial charge < -0.3 is 10.6 Å². The van der Waals surface area contributed by atoms with Gasteiger partial charge in [-0.25, -0.2) is 0 Å². The molecule has 0 spiro atoms. The molecule has 0 radical (unpaired) electrons. The molecule has 1 heterocycles. The molecule has 2 nitrogen and oxygen atoms in total. The fraction of sp³-hybridized carbons (Fsp3) is 0.333. The van der Waals surface area contributed by atoms with Crippen LogP contribution in [0.3, 0.4) is 0 Å². The predicted octanol–water partition coefficient (Wildman–Crippen LogP) is 2.29. The normalized spacial score (nSPS) is 19.9. The Morgan fingerprint density at radius 2 is 2.00 bits per heavy atom. The molecule has 17 heavy (non-hydrogen) atoms. The Balaban J connectivity index is 1.79. The fourth-order valence-electron chi connectivity index (χ4n) is 2.53. The molecule has 88 valence electrons. The Labute approximate surface area is 102 Å². The van der Waals surface area contributed by atoms with Gasteiger partial charge in [-0.05, 0) is 29.3 Å². The molecule has 2 heteroatoms. The first-order valence-corrected chi connectivity index (χ1v) is 6.34. The molecule has 1 aliphatic rings. The number of nitrogens with one attached hydrogen (secondary N) is 2. The molecule has 0 saturated carbocycles. The summed E-state index contributed by atoms with van der Waals surface area (Å²) in [6.45, 7) is 3.21. The van der Waals surface area contributed by atoms with Crippen molar-refractivity contribution in [2.75, 3.05) is 13.1 Å². The van der Waals surface area contributed by atoms with Crippen LogP contribution < -0.4 is 10.6 Å². The Morgan fingerprint density at radius 1 is 1.12 bits per heavy atom. The number of hydrogen-bond acceptors (Lipinski definition) is 2. The summed E-state index contributed by atoms with van der Waals surface area (Å²) in [4.78, 5) is 0. The second-order valence-electron chi connectivity index (χ2n) is 4.71. The molecule has 0 amide bonds. The molecular weight excluding hydrogens is 208 g/mol. The van der Waals surface area contributed by atoms with Gasteiger partial charge in [0.25, 0.3) is 0 Å². The van der Waals surface area contributed by atoms with Gasteiger partial charge in [0.15, 0.2) is 0 Å². The lowest BCUT2D eigenvalue weighted by molar-refractivity contribution is 0.549. The summed E-state index contributed by atoms with van der Waals surface area (Å²) in [5.41, 5.74) is 1.40. The van der Waals surface area contributed by atoms with Crippen LogP contribution in [0.25, 0.3) is 10.8 Å². The monoisotopic (exact) mass is 226 g/mol. The molecule has 3 rings (SSSR count). The van der Waals surface area contributed by atoms with Crippen LogP contribution in [0.2, 0.25) is 0 Å². The van der Waals surface area contributed by atoms with Crippen molar-refractivity contribution in [3.63, 3.8) is 0 Å². The maximum absolute atomic E-state index is 3.63. The van der Waals surface area contributed by atoms with E-state index in [1.165, 1.54) is 22.8 Å². The second-order valence-corrected chi connectivity index (χ2v) is 4.71. The van der Waals surface area contributed by atoms with E-state index in [2.05, 4.69) is 53.1 Å². The highest BCUT2D eigenvalue weighted by Crippen LogP contribution is 2.18. The average molecular weight is 226 g/mol. The maximum Gasteiger partial charge on any atom is 0.0214 e. The summed E-state index contributed by atoms with van der Waals surface area (Å²) in [6, 6.07) is 15.8. The largest absolute Gasteiger partial charge is 0.315 e. The van der Waals surface area contributed by atoms with E-state index in [-0.39, 0.29) is 0 Å². The van der Waals surface area contributed by atoms with Gasteiger partial charge in [0.2, 0.25) is 0 Å². The topological polar surface area (TPSA) is 24.1 Å². The van der Waals surface area contributed by atoms with Gasteiger partial charge in [0.05, 0.1) is 0 Å². The minimum absolute atomic E-state index is 0.633. The van der Waals surface area contributed by atoms with Gasteiger partial charge in [0, 0.05) is 19.1 Å². The van der Waals surface area contributed by atoms with Crippen molar-refractivity contribution in [2.24, 2.45) is 0 Å². The first-order chi connectivity index (χ1) is 8.43. The molecule has 0 aliphatic carbocycles. The van der Waals surface area contributed by atoms with Gasteiger partial charge in [-0.3, -0.25) is 0 Å². The first-order valence-electron chi connectivity index (χ1n) is 6.34. The van der Waals surface area contributed by atoms with E-state index in [4.69, 9.17) is 0 Å². The van der Waals surface area contributed by atoms with E-state index >= 15 is 0 Å². The van der Waals surface area contributed by atoms with E-state index in [9.17, 15) is 0 Å². The minimum Gasteiger partial charge on any atom is -0.315 e. The molecule has 2 aromatic carbocycles. The van der Waals surface area contributed by atoms with Gasteiger partial charge in [-0.15, -0.1) is 0 Å². The number of hydrogen-bond donors (Lipinski definition) is 2. The van der Waals surface area contributed by atoms with Crippen LogP contribution in [0.5, 0.6) is 0 Å². The van der Waals surface area contributed by atoms with Crippen molar-refractivity contribution in [1.82, 2.24) is 10.6 Å². The zero-order valence-electron chi connectivity index (χ0n) is 9.95. The summed E-state index contributed by atoms with van der Waals surface area (Å²) in [7, 11) is 0. The van der Waals surface area contributed by atoms with Crippen LogP contribution in [-0.2, 0) is 6.54 Å². The highest BCUT2D eigenvalue weighted by atomic mass is 15.0. The van der Waals surface area contributed by atoms with Crippen LogP contribution in [0.4, 0.5) is 0 Å². The third kappa shape index (κ3) is 2.33. The van der Waals surface area contributed by atoms with Gasteiger partial charge in [-0.2, -0.15) is 0 Å². The quantitative estimate of drug-likeness (QED) is 0.839. The standard InChI is InChI=1S/C15H18N2/c1-2-7-15-12(4-1)5-3-6-13(15)10-17-14-8-9-16-11-14/h1-7,14,16-17H,8-11H2. The molecular formula is C15H18N2. The lowest BCUT2D eigenvalue weighted by Crippen LogP contribution is -2.30. The van der Waals surface area contributed by atoms with E-state index in [0.29, 0.717) is 6.04 Å². The van der Waals surface area contributed by atoms with Crippen LogP contribution >= 0.6 is 0 Å². The fourth-order valence-corrected chi connectivity index (χ4v) is 2.53. The molecule has 1 unspecified atom stereocenters. The van der Waals surface area contributed by atoms with E-state index < -0.39 is 0 Å². The molecule has 1 atom stereocenters. The van der Waals surface area contributed by atoms with E-state index in [1.807, 2.05) is 0 Å². The lowest BCUT2D eigenvalue weighted by Gasteiger charge is -2.12. The summed E-state index contributed by atoms with van der Waals surface area (Å²) in [5.74, 6) is 0. The Bertz CT molecular complexity index is 496. The smallest absolute Gasteiger partial charge is 0.0214 e. The van der Waals surface area contributed by atoms with Crippen molar-refractivity contribution in [3.05, 3.63) is 48.0 Å². The number of rotatable bonds is 3. The molecule has 2 N–H and O–H groups in total. The second kappa shape index (κ2) is 4.86. The van der Waals surface area contributed by atoms with Crippen LogP contribution in [0.15, 0.2) is 42.5 Å². The Hall–Kier alpha value is -1.38. The SMILES string of the molecule is c1ccc2c(CNC3CCNC3)cccc2c1. The third-order valence-corrected chi connectivity index (χ3v) is 3.52. The zero-order chi connectivity index (χ0) is 11.5. The van der Waals surface area contributed by atoms with Crippen molar-refractivity contribution < 1.29 is 0 Å². The molecule has 0 bridgehead atoms. The van der Waals surface area contributed by atoms with Gasteiger partial charge >= 0.3 is 0 Å². The summed E-state index contributed by atoms with van der Waals surface area (Å²) >= 11 is 0. The van der Waals surface area contributed by atoms with Gasteiger partial charge in [-0.1, -0.05) is 42.5 Å². The average Bonchev–Trinajstić information content (AvgIpc) is 2.89. The molecule has 0 aromatic heterocycles. The number of benzene rings is 2. The van der Waals surface area contributed by atoms with Crippen molar-refractivity contribution >= 4 is 10.8 Å². The van der Waals surface area contributed by atoms with Crippen LogP contribution in [0, 0.1) is 0 Å². The molecule has 1 fully saturated rings. The first kappa shape index (κ1) is 10.8. The van der Waals surface area contributed by atoms with Crippen molar-refractivity contribution in [1.29, 1.82) is 0 Å². The van der Waals surface area contributed by atoms with Crippen LogP contribution in [-0.4, -0.2) is 19.1 Å². The maximum atomic E-state index is 3.63.